The molecule has 10 heteroatoms. The van der Waals surface area contributed by atoms with Crippen molar-refractivity contribution in [3.8, 4) is 0 Å². The van der Waals surface area contributed by atoms with Crippen molar-refractivity contribution in [3.05, 3.63) is 38.7 Å². The molecular formula is C19H21Cl2N3O4S. The van der Waals surface area contributed by atoms with Crippen molar-refractivity contribution in [2.24, 2.45) is 5.92 Å². The van der Waals surface area contributed by atoms with Gasteiger partial charge in [0.25, 0.3) is 11.1 Å². The lowest BCUT2D eigenvalue weighted by Crippen LogP contribution is -2.47. The summed E-state index contributed by atoms with van der Waals surface area (Å²) in [6.45, 7) is 5.12. The van der Waals surface area contributed by atoms with Crippen LogP contribution in [-0.4, -0.2) is 47.0 Å². The minimum atomic E-state index is -0.716. The Morgan fingerprint density at radius 1 is 1.17 bits per heavy atom. The normalized spacial score (nSPS) is 16.5. The molecule has 4 amide bonds. The van der Waals surface area contributed by atoms with E-state index in [2.05, 4.69) is 10.6 Å². The summed E-state index contributed by atoms with van der Waals surface area (Å²) in [6.07, 6.45) is 1.53. The van der Waals surface area contributed by atoms with Crippen molar-refractivity contribution < 1.29 is 19.2 Å². The van der Waals surface area contributed by atoms with Crippen molar-refractivity contribution in [3.63, 3.8) is 0 Å². The van der Waals surface area contributed by atoms with Gasteiger partial charge in [-0.3, -0.25) is 24.1 Å². The van der Waals surface area contributed by atoms with Gasteiger partial charge in [0.1, 0.15) is 6.04 Å². The molecule has 2 N–H and O–H groups in total. The fourth-order valence-electron chi connectivity index (χ4n) is 2.34. The van der Waals surface area contributed by atoms with Gasteiger partial charge in [0, 0.05) is 29.1 Å². The molecule has 0 radical (unpaired) electrons. The van der Waals surface area contributed by atoms with E-state index < -0.39 is 23.1 Å². The topological polar surface area (TPSA) is 95.6 Å². The molecule has 1 aliphatic heterocycles. The molecular weight excluding hydrogens is 437 g/mol. The second kappa shape index (κ2) is 10.1. The molecule has 7 nitrogen and oxygen atoms in total. The predicted molar refractivity (Wildman–Crippen MR) is 115 cm³/mol. The minimum Gasteiger partial charge on any atom is -0.353 e. The molecule has 1 heterocycles. The van der Waals surface area contributed by atoms with Crippen LogP contribution in [0.3, 0.4) is 0 Å². The van der Waals surface area contributed by atoms with E-state index in [0.717, 1.165) is 16.7 Å². The zero-order valence-electron chi connectivity index (χ0n) is 16.1. The Kier molecular flexibility index (Phi) is 8.13. The van der Waals surface area contributed by atoms with Crippen LogP contribution in [0.25, 0.3) is 6.08 Å². The Morgan fingerprint density at radius 3 is 2.48 bits per heavy atom. The number of carbonyl (C=O) groups excluding carboxylic acids is 4. The van der Waals surface area contributed by atoms with Gasteiger partial charge in [0.05, 0.1) is 4.91 Å². The highest BCUT2D eigenvalue weighted by molar-refractivity contribution is 8.18. The third-order valence-electron chi connectivity index (χ3n) is 4.03. The molecule has 156 valence electrons. The number of amides is 4. The summed E-state index contributed by atoms with van der Waals surface area (Å²) >= 11 is 12.8. The lowest BCUT2D eigenvalue weighted by Gasteiger charge is -2.17. The quantitative estimate of drug-likeness (QED) is 0.612. The van der Waals surface area contributed by atoms with Crippen molar-refractivity contribution in [1.29, 1.82) is 0 Å². The smallest absolute Gasteiger partial charge is 0.293 e. The Balaban J connectivity index is 1.93. The molecule has 1 aromatic rings. The summed E-state index contributed by atoms with van der Waals surface area (Å²) < 4.78 is 0. The van der Waals surface area contributed by atoms with Crippen molar-refractivity contribution in [1.82, 2.24) is 15.5 Å². The maximum atomic E-state index is 12.5. The standard InChI is InChI=1S/C19H21Cl2N3O4S/c1-10(2)16(25)23-11(3)17(26)22-6-7-24-18(27)15(29-19(24)28)8-12-4-5-13(20)9-14(12)21/h4-5,8-11H,6-7H2,1-3H3,(H,22,26)(H,23,25)/b15-8-. The van der Waals surface area contributed by atoms with Gasteiger partial charge in [-0.2, -0.15) is 0 Å². The molecule has 1 atom stereocenters. The van der Waals surface area contributed by atoms with E-state index in [1.54, 1.807) is 39.0 Å². The molecule has 1 aromatic carbocycles. The molecule has 1 unspecified atom stereocenters. The average molecular weight is 458 g/mol. The first-order chi connectivity index (χ1) is 13.6. The zero-order valence-corrected chi connectivity index (χ0v) is 18.5. The summed E-state index contributed by atoms with van der Waals surface area (Å²) in [7, 11) is 0. The summed E-state index contributed by atoms with van der Waals surface area (Å²) in [5.41, 5.74) is 0.574. The van der Waals surface area contributed by atoms with E-state index in [1.807, 2.05) is 0 Å². The number of hydrogen-bond acceptors (Lipinski definition) is 5. The average Bonchev–Trinajstić information content (AvgIpc) is 2.91. The molecule has 0 spiro atoms. The Labute approximate surface area is 183 Å². The van der Waals surface area contributed by atoms with Crippen LogP contribution in [0.15, 0.2) is 23.1 Å². The van der Waals surface area contributed by atoms with E-state index in [4.69, 9.17) is 23.2 Å². The molecule has 29 heavy (non-hydrogen) atoms. The number of benzene rings is 1. The van der Waals surface area contributed by atoms with Crippen LogP contribution in [-0.2, 0) is 14.4 Å². The highest BCUT2D eigenvalue weighted by Crippen LogP contribution is 2.33. The Hall–Kier alpha value is -2.03. The van der Waals surface area contributed by atoms with E-state index in [0.29, 0.717) is 15.6 Å². The fraction of sp³-hybridized carbons (Fsp3) is 0.368. The van der Waals surface area contributed by atoms with Crippen LogP contribution >= 0.6 is 35.0 Å². The number of nitrogens with zero attached hydrogens (tertiary/aromatic N) is 1. The van der Waals surface area contributed by atoms with Crippen LogP contribution in [0.1, 0.15) is 26.3 Å². The lowest BCUT2D eigenvalue weighted by molar-refractivity contribution is -0.130. The number of rotatable bonds is 7. The summed E-state index contributed by atoms with van der Waals surface area (Å²) in [6, 6.07) is 4.13. The first-order valence-corrected chi connectivity index (χ1v) is 10.5. The SMILES string of the molecule is CC(C)C(=O)NC(C)C(=O)NCCN1C(=O)S/C(=C\c2ccc(Cl)cc2Cl)C1=O. The van der Waals surface area contributed by atoms with Gasteiger partial charge in [0.15, 0.2) is 0 Å². The number of nitrogens with one attached hydrogen (secondary N) is 2. The second-order valence-corrected chi connectivity index (χ2v) is 8.51. The van der Waals surface area contributed by atoms with E-state index in [-0.39, 0.29) is 29.8 Å². The van der Waals surface area contributed by atoms with E-state index >= 15 is 0 Å². The third-order valence-corrected chi connectivity index (χ3v) is 5.50. The van der Waals surface area contributed by atoms with Gasteiger partial charge >= 0.3 is 0 Å². The van der Waals surface area contributed by atoms with Gasteiger partial charge in [-0.05, 0) is 42.5 Å². The van der Waals surface area contributed by atoms with E-state index in [1.165, 1.54) is 6.08 Å². The van der Waals surface area contributed by atoms with Crippen LogP contribution in [0.4, 0.5) is 4.79 Å². The molecule has 2 rings (SSSR count). The summed E-state index contributed by atoms with van der Waals surface area (Å²) in [5.74, 6) is -1.32. The number of imide groups is 1. The lowest BCUT2D eigenvalue weighted by atomic mass is 10.2. The van der Waals surface area contributed by atoms with Gasteiger partial charge < -0.3 is 10.6 Å². The third kappa shape index (κ3) is 6.22. The monoisotopic (exact) mass is 457 g/mol. The molecule has 1 saturated heterocycles. The molecule has 1 aliphatic rings. The second-order valence-electron chi connectivity index (χ2n) is 6.68. The Bertz CT molecular complexity index is 873. The molecule has 0 aromatic heterocycles. The number of halogens is 2. The maximum absolute atomic E-state index is 12.5. The fourth-order valence-corrected chi connectivity index (χ4v) is 3.66. The highest BCUT2D eigenvalue weighted by Gasteiger charge is 2.34. The summed E-state index contributed by atoms with van der Waals surface area (Å²) in [4.78, 5) is 49.6. The number of hydrogen-bond donors (Lipinski definition) is 2. The molecule has 0 aliphatic carbocycles. The Morgan fingerprint density at radius 2 is 1.86 bits per heavy atom. The first-order valence-electron chi connectivity index (χ1n) is 8.88. The van der Waals surface area contributed by atoms with Crippen LogP contribution in [0.2, 0.25) is 10.0 Å². The number of thioether (sulfide) groups is 1. The molecule has 0 bridgehead atoms. The van der Waals surface area contributed by atoms with E-state index in [9.17, 15) is 19.2 Å². The van der Waals surface area contributed by atoms with Gasteiger partial charge in [0.2, 0.25) is 11.8 Å². The molecule has 1 fully saturated rings. The van der Waals surface area contributed by atoms with Gasteiger partial charge in [-0.15, -0.1) is 0 Å². The van der Waals surface area contributed by atoms with Crippen LogP contribution in [0.5, 0.6) is 0 Å². The zero-order chi connectivity index (χ0) is 21.7. The largest absolute Gasteiger partial charge is 0.353 e. The van der Waals surface area contributed by atoms with Crippen LogP contribution < -0.4 is 10.6 Å². The van der Waals surface area contributed by atoms with Crippen molar-refractivity contribution in [2.75, 3.05) is 13.1 Å². The predicted octanol–water partition coefficient (Wildman–Crippen LogP) is 3.31. The number of carbonyl (C=O) groups is 4. The van der Waals surface area contributed by atoms with Crippen molar-refractivity contribution in [2.45, 2.75) is 26.8 Å². The maximum Gasteiger partial charge on any atom is 0.293 e. The highest BCUT2D eigenvalue weighted by atomic mass is 35.5. The molecule has 0 saturated carbocycles. The van der Waals surface area contributed by atoms with Gasteiger partial charge in [-0.25, -0.2) is 0 Å². The van der Waals surface area contributed by atoms with Crippen molar-refractivity contribution >= 4 is 64.0 Å². The first kappa shape index (κ1) is 23.3. The van der Waals surface area contributed by atoms with Crippen LogP contribution in [0, 0.1) is 5.92 Å². The van der Waals surface area contributed by atoms with Gasteiger partial charge in [-0.1, -0.05) is 43.1 Å². The summed E-state index contributed by atoms with van der Waals surface area (Å²) in [5, 5.41) is 5.60. The minimum absolute atomic E-state index is 0.0208.